The van der Waals surface area contributed by atoms with Crippen LogP contribution < -0.4 is 10.6 Å². The quantitative estimate of drug-likeness (QED) is 0.779. The van der Waals surface area contributed by atoms with Crippen LogP contribution in [0.25, 0.3) is 0 Å². The lowest BCUT2D eigenvalue weighted by molar-refractivity contribution is -0.144. The molecule has 0 saturated heterocycles. The van der Waals surface area contributed by atoms with Gasteiger partial charge in [-0.1, -0.05) is 18.9 Å². The molecular weight excluding hydrogens is 256 g/mol. The highest BCUT2D eigenvalue weighted by Gasteiger charge is 2.42. The summed E-state index contributed by atoms with van der Waals surface area (Å²) in [7, 11) is 0. The fourth-order valence-electron chi connectivity index (χ4n) is 3.10. The first-order valence-electron chi connectivity index (χ1n) is 6.99. The topological polar surface area (TPSA) is 78.4 Å². The molecule has 2 aliphatic rings. The van der Waals surface area contributed by atoms with Gasteiger partial charge in [0.2, 0.25) is 0 Å². The lowest BCUT2D eigenvalue weighted by Gasteiger charge is -2.25. The summed E-state index contributed by atoms with van der Waals surface area (Å²) in [4.78, 5) is 23.8. The summed E-state index contributed by atoms with van der Waals surface area (Å²) in [5.41, 5.74) is 1.79. The fourth-order valence-corrected chi connectivity index (χ4v) is 3.10. The molecule has 0 unspecified atom stereocenters. The van der Waals surface area contributed by atoms with Gasteiger partial charge < -0.3 is 15.7 Å². The molecule has 1 aliphatic carbocycles. The Labute approximate surface area is 117 Å². The third kappa shape index (κ3) is 2.18. The van der Waals surface area contributed by atoms with Gasteiger partial charge in [-0.3, -0.25) is 4.79 Å². The minimum atomic E-state index is -1.08. The van der Waals surface area contributed by atoms with Crippen LogP contribution in [-0.4, -0.2) is 22.5 Å². The zero-order valence-corrected chi connectivity index (χ0v) is 11.2. The molecule has 1 heterocycles. The number of carboxylic acid groups (broad SMARTS) is 1. The van der Waals surface area contributed by atoms with Crippen molar-refractivity contribution in [2.45, 2.75) is 44.3 Å². The summed E-state index contributed by atoms with van der Waals surface area (Å²) in [6.45, 7) is 1.59. The van der Waals surface area contributed by atoms with Crippen molar-refractivity contribution in [3.8, 4) is 0 Å². The maximum Gasteiger partial charge on any atom is 0.329 e. The number of amides is 1. The highest BCUT2D eigenvalue weighted by atomic mass is 16.4. The van der Waals surface area contributed by atoms with E-state index in [2.05, 4.69) is 10.6 Å². The molecule has 0 bridgehead atoms. The van der Waals surface area contributed by atoms with Gasteiger partial charge >= 0.3 is 5.97 Å². The van der Waals surface area contributed by atoms with Crippen LogP contribution in [-0.2, 0) is 17.9 Å². The van der Waals surface area contributed by atoms with Crippen molar-refractivity contribution in [3.63, 3.8) is 0 Å². The minimum Gasteiger partial charge on any atom is -0.480 e. The molecule has 0 atom stereocenters. The molecule has 0 aromatic heterocycles. The average Bonchev–Trinajstić information content (AvgIpc) is 3.06. The molecule has 3 N–H and O–H groups in total. The number of carbonyl (C=O) groups excluding carboxylic acids is 1. The molecule has 5 heteroatoms. The molecule has 20 heavy (non-hydrogen) atoms. The highest BCUT2D eigenvalue weighted by Crippen LogP contribution is 2.30. The third-order valence-corrected chi connectivity index (χ3v) is 4.32. The summed E-state index contributed by atoms with van der Waals surface area (Å²) in [6, 6.07) is 5.56. The number of hydrogen-bond donors (Lipinski definition) is 3. The van der Waals surface area contributed by atoms with Gasteiger partial charge in [0, 0.05) is 18.7 Å². The average molecular weight is 274 g/mol. The predicted octanol–water partition coefficient (Wildman–Crippen LogP) is 1.42. The van der Waals surface area contributed by atoms with Crippen molar-refractivity contribution in [1.29, 1.82) is 0 Å². The van der Waals surface area contributed by atoms with Gasteiger partial charge in [-0.2, -0.15) is 0 Å². The van der Waals surface area contributed by atoms with Crippen molar-refractivity contribution in [1.82, 2.24) is 10.6 Å². The Kier molecular flexibility index (Phi) is 3.22. The molecule has 5 nitrogen and oxygen atoms in total. The molecule has 3 rings (SSSR count). The summed E-state index contributed by atoms with van der Waals surface area (Å²) >= 11 is 0. The Morgan fingerprint density at radius 3 is 2.55 bits per heavy atom. The number of benzene rings is 1. The lowest BCUT2D eigenvalue weighted by Crippen LogP contribution is -2.52. The van der Waals surface area contributed by atoms with Crippen LogP contribution in [0.4, 0.5) is 0 Å². The first kappa shape index (κ1) is 13.1. The molecule has 1 amide bonds. The maximum absolute atomic E-state index is 12.3. The second kappa shape index (κ2) is 4.90. The van der Waals surface area contributed by atoms with Crippen LogP contribution in [0.3, 0.4) is 0 Å². The third-order valence-electron chi connectivity index (χ3n) is 4.32. The molecule has 1 aliphatic heterocycles. The van der Waals surface area contributed by atoms with E-state index in [0.29, 0.717) is 18.4 Å². The molecule has 0 spiro atoms. The van der Waals surface area contributed by atoms with Crippen LogP contribution in [0.2, 0.25) is 0 Å². The first-order chi connectivity index (χ1) is 9.61. The molecule has 1 fully saturated rings. The van der Waals surface area contributed by atoms with Gasteiger partial charge in [-0.15, -0.1) is 0 Å². The Bertz CT molecular complexity index is 562. The number of aliphatic carboxylic acids is 1. The second-order valence-electron chi connectivity index (χ2n) is 5.64. The zero-order chi connectivity index (χ0) is 14.2. The number of rotatable bonds is 3. The lowest BCUT2D eigenvalue weighted by atomic mass is 9.96. The molecule has 1 saturated carbocycles. The van der Waals surface area contributed by atoms with E-state index in [1.54, 1.807) is 6.07 Å². The van der Waals surface area contributed by atoms with Crippen molar-refractivity contribution in [2.75, 3.05) is 0 Å². The Morgan fingerprint density at radius 1 is 1.15 bits per heavy atom. The van der Waals surface area contributed by atoms with E-state index in [1.807, 2.05) is 12.1 Å². The van der Waals surface area contributed by atoms with Crippen LogP contribution in [0, 0.1) is 0 Å². The van der Waals surface area contributed by atoms with E-state index in [4.69, 9.17) is 0 Å². The van der Waals surface area contributed by atoms with Gasteiger partial charge in [0.05, 0.1) is 0 Å². The number of carbonyl (C=O) groups is 2. The van der Waals surface area contributed by atoms with Crippen molar-refractivity contribution < 1.29 is 14.7 Å². The standard InChI is InChI=1S/C15H18N2O3/c18-13(17-15(14(19)20)5-1-2-6-15)10-3-4-11-8-16-9-12(11)7-10/h3-4,7,16H,1-2,5-6,8-9H2,(H,17,18)(H,19,20). The van der Waals surface area contributed by atoms with Gasteiger partial charge in [-0.25, -0.2) is 4.79 Å². The number of fused-ring (bicyclic) bond motifs is 1. The van der Waals surface area contributed by atoms with E-state index in [9.17, 15) is 14.7 Å². The van der Waals surface area contributed by atoms with E-state index >= 15 is 0 Å². The largest absolute Gasteiger partial charge is 0.480 e. The maximum atomic E-state index is 12.3. The van der Waals surface area contributed by atoms with Crippen LogP contribution in [0.15, 0.2) is 18.2 Å². The Hall–Kier alpha value is -1.88. The Morgan fingerprint density at radius 2 is 1.85 bits per heavy atom. The zero-order valence-electron chi connectivity index (χ0n) is 11.2. The molecule has 106 valence electrons. The van der Waals surface area contributed by atoms with Gasteiger partial charge in [-0.05, 0) is 36.1 Å². The second-order valence-corrected chi connectivity index (χ2v) is 5.64. The van der Waals surface area contributed by atoms with Gasteiger partial charge in [0.15, 0.2) is 0 Å². The number of carboxylic acids is 1. The smallest absolute Gasteiger partial charge is 0.329 e. The fraction of sp³-hybridized carbons (Fsp3) is 0.467. The van der Waals surface area contributed by atoms with Crippen molar-refractivity contribution in [2.24, 2.45) is 0 Å². The molecule has 0 radical (unpaired) electrons. The summed E-state index contributed by atoms with van der Waals surface area (Å²) in [6.07, 6.45) is 2.72. The highest BCUT2D eigenvalue weighted by molar-refractivity contribution is 5.98. The summed E-state index contributed by atoms with van der Waals surface area (Å²) in [5, 5.41) is 15.4. The van der Waals surface area contributed by atoms with Gasteiger partial charge in [0.25, 0.3) is 5.91 Å². The van der Waals surface area contributed by atoms with Gasteiger partial charge in [0.1, 0.15) is 5.54 Å². The first-order valence-corrected chi connectivity index (χ1v) is 6.99. The van der Waals surface area contributed by atoms with Crippen LogP contribution >= 0.6 is 0 Å². The predicted molar refractivity (Wildman–Crippen MR) is 73.3 cm³/mol. The van der Waals surface area contributed by atoms with E-state index in [0.717, 1.165) is 31.5 Å². The number of nitrogens with one attached hydrogen (secondary N) is 2. The van der Waals surface area contributed by atoms with Crippen molar-refractivity contribution >= 4 is 11.9 Å². The Balaban J connectivity index is 1.80. The summed E-state index contributed by atoms with van der Waals surface area (Å²) < 4.78 is 0. The van der Waals surface area contributed by atoms with E-state index < -0.39 is 11.5 Å². The van der Waals surface area contributed by atoms with Crippen LogP contribution in [0.1, 0.15) is 47.2 Å². The number of hydrogen-bond acceptors (Lipinski definition) is 3. The minimum absolute atomic E-state index is 0.288. The van der Waals surface area contributed by atoms with Crippen LogP contribution in [0.5, 0.6) is 0 Å². The molecular formula is C15H18N2O3. The van der Waals surface area contributed by atoms with Crippen molar-refractivity contribution in [3.05, 3.63) is 34.9 Å². The monoisotopic (exact) mass is 274 g/mol. The van der Waals surface area contributed by atoms with E-state index in [-0.39, 0.29) is 5.91 Å². The molecule has 1 aromatic carbocycles. The molecule has 1 aromatic rings. The normalized spacial score (nSPS) is 19.6. The summed E-state index contributed by atoms with van der Waals surface area (Å²) in [5.74, 6) is -1.21. The SMILES string of the molecule is O=C(NC1(C(=O)O)CCCC1)c1ccc2c(c1)CNC2. The van der Waals surface area contributed by atoms with E-state index in [1.165, 1.54) is 5.56 Å².